The summed E-state index contributed by atoms with van der Waals surface area (Å²) in [6, 6.07) is 47.3. The van der Waals surface area contributed by atoms with Gasteiger partial charge in [-0.2, -0.15) is 0 Å². The van der Waals surface area contributed by atoms with Gasteiger partial charge in [-0.05, 0) is 61.3 Å². The van der Waals surface area contributed by atoms with Crippen LogP contribution in [0.5, 0.6) is 0 Å². The fraction of sp³-hybridized carbons (Fsp3) is 0.105. The Hall–Kier alpha value is -7.83. The van der Waals surface area contributed by atoms with Crippen LogP contribution in [-0.2, 0) is 0 Å². The highest BCUT2D eigenvalue weighted by atomic mass is 16.3. The van der Waals surface area contributed by atoms with E-state index < -0.39 is 0 Å². The van der Waals surface area contributed by atoms with Crippen molar-refractivity contribution in [1.82, 2.24) is 24.1 Å². The number of aromatic nitrogens is 5. The summed E-state index contributed by atoms with van der Waals surface area (Å²) in [7, 11) is 0. The van der Waals surface area contributed by atoms with Crippen molar-refractivity contribution in [2.75, 3.05) is 0 Å². The van der Waals surface area contributed by atoms with Gasteiger partial charge in [0.25, 0.3) is 0 Å². The molecule has 0 radical (unpaired) electrons. The zero-order valence-electron chi connectivity index (χ0n) is 40.1. The molecule has 4 aromatic heterocycles. The summed E-state index contributed by atoms with van der Waals surface area (Å²) in [6.45, 7) is 0. The number of benzene rings is 8. The van der Waals surface area contributed by atoms with Crippen molar-refractivity contribution in [2.45, 2.75) is 38.0 Å². The highest BCUT2D eigenvalue weighted by molar-refractivity contribution is 6.14. The van der Waals surface area contributed by atoms with Crippen LogP contribution in [0.4, 0.5) is 0 Å². The van der Waals surface area contributed by atoms with E-state index in [9.17, 15) is 4.11 Å². The zero-order chi connectivity index (χ0) is 46.7. The van der Waals surface area contributed by atoms with Crippen LogP contribution in [0.25, 0.3) is 111 Å². The highest BCUT2D eigenvalue weighted by Crippen LogP contribution is 2.45. The summed E-state index contributed by atoms with van der Waals surface area (Å²) >= 11 is 0. The van der Waals surface area contributed by atoms with Crippen LogP contribution in [0.3, 0.4) is 0 Å². The molecule has 4 heterocycles. The lowest BCUT2D eigenvalue weighted by Crippen LogP contribution is -2.12. The highest BCUT2D eigenvalue weighted by Gasteiger charge is 2.26. The van der Waals surface area contributed by atoms with Crippen LogP contribution in [-0.4, -0.2) is 24.1 Å². The topological polar surface area (TPSA) is 61.7 Å². The number of hydrogen-bond acceptors (Lipinski definition) is 4. The quantitative estimate of drug-likeness (QED) is 0.168. The van der Waals surface area contributed by atoms with Crippen molar-refractivity contribution >= 4 is 65.6 Å². The third-order valence-electron chi connectivity index (χ3n) is 12.9. The molecular weight excluding hydrogens is 771 g/mol. The molecule has 0 amide bonds. The van der Waals surface area contributed by atoms with E-state index in [1.54, 1.807) is 0 Å². The first kappa shape index (κ1) is 30.2. The van der Waals surface area contributed by atoms with Crippen LogP contribution >= 0.6 is 0 Å². The maximum absolute atomic E-state index is 9.65. The molecule has 1 saturated carbocycles. The molecule has 300 valence electrons. The molecule has 6 heteroatoms. The van der Waals surface area contributed by atoms with Crippen LogP contribution < -0.4 is 0 Å². The molecule has 6 nitrogen and oxygen atoms in total. The minimum absolute atomic E-state index is 0.0304. The molecule has 13 rings (SSSR count). The third-order valence-corrected chi connectivity index (χ3v) is 12.9. The van der Waals surface area contributed by atoms with Gasteiger partial charge in [-0.1, -0.05) is 153 Å². The van der Waals surface area contributed by atoms with Gasteiger partial charge in [-0.25, -0.2) is 15.0 Å². The van der Waals surface area contributed by atoms with Gasteiger partial charge in [0.1, 0.15) is 17.0 Å². The first-order valence-corrected chi connectivity index (χ1v) is 21.6. The van der Waals surface area contributed by atoms with Crippen molar-refractivity contribution in [3.8, 4) is 45.3 Å². The van der Waals surface area contributed by atoms with Crippen LogP contribution in [0.1, 0.15) is 52.1 Å². The predicted molar refractivity (Wildman–Crippen MR) is 258 cm³/mol. The van der Waals surface area contributed by atoms with E-state index in [4.69, 9.17) is 23.5 Å². The van der Waals surface area contributed by atoms with Crippen molar-refractivity contribution in [3.05, 3.63) is 188 Å². The number of fused-ring (bicyclic) bond motifs is 9. The molecule has 0 spiro atoms. The lowest BCUT2D eigenvalue weighted by Gasteiger charge is -2.22. The molecule has 12 aromatic rings. The number of furan rings is 1. The fourth-order valence-electron chi connectivity index (χ4n) is 10.0. The summed E-state index contributed by atoms with van der Waals surface area (Å²) in [4.78, 5) is 16.2. The van der Waals surface area contributed by atoms with Crippen molar-refractivity contribution in [1.29, 1.82) is 0 Å². The first-order chi connectivity index (χ1) is 33.7. The maximum Gasteiger partial charge on any atom is 0.165 e. The van der Waals surface area contributed by atoms with E-state index >= 15 is 0 Å². The SMILES string of the molecule is [2H]c1cc([2H])c2oc3c(-c4cccc(-c5nc(-c6ccc7c8ccccc8n(-c8ccccc8)c7c6)nc(C6CCCCC6)n5)c4-n4c5ccccc5c5ccccc54)c([2H])c([2H])c([2H])c3c2c1[2H]. The predicted octanol–water partition coefficient (Wildman–Crippen LogP) is 15.0. The molecule has 0 N–H and O–H groups in total. The smallest absolute Gasteiger partial charge is 0.165 e. The summed E-state index contributed by atoms with van der Waals surface area (Å²) in [5.41, 5.74) is 7.96. The molecule has 0 atom stereocenters. The number of rotatable bonds is 6. The second-order valence-electron chi connectivity index (χ2n) is 16.5. The van der Waals surface area contributed by atoms with E-state index in [-0.39, 0.29) is 69.7 Å². The fourth-order valence-corrected chi connectivity index (χ4v) is 10.0. The van der Waals surface area contributed by atoms with Crippen LogP contribution in [0.2, 0.25) is 0 Å². The largest absolute Gasteiger partial charge is 0.455 e. The normalized spacial score (nSPS) is 15.0. The summed E-state index contributed by atoms with van der Waals surface area (Å²) in [6.07, 6.45) is 5.23. The van der Waals surface area contributed by atoms with E-state index in [2.05, 4.69) is 100 Å². The third kappa shape index (κ3) is 5.68. The van der Waals surface area contributed by atoms with Gasteiger partial charge in [0, 0.05) is 66.2 Å². The van der Waals surface area contributed by atoms with E-state index in [0.29, 0.717) is 28.5 Å². The second kappa shape index (κ2) is 14.4. The molecular formula is C57H41N5O. The Kier molecular flexibility index (Phi) is 6.91. The molecule has 1 aliphatic rings. The maximum atomic E-state index is 9.65. The summed E-state index contributed by atoms with van der Waals surface area (Å²) < 4.78 is 65.3. The van der Waals surface area contributed by atoms with E-state index in [0.717, 1.165) is 92.8 Å². The van der Waals surface area contributed by atoms with Crippen molar-refractivity contribution in [2.24, 2.45) is 0 Å². The Bertz CT molecular complexity index is 4040. The van der Waals surface area contributed by atoms with E-state index in [1.807, 2.05) is 48.5 Å². The zero-order valence-corrected chi connectivity index (χ0v) is 34.1. The standard InChI is InChI=1S/C57H41N5O/c1-3-17-36(18-4-1)55-58-56(37-33-34-42-41-23-7-11-29-48(41)61(51(42)35-37)38-19-5-2-6-20-38)60-57(59-55)47-28-15-25-44(46-27-16-26-45-43-24-10-14-32-52(43)63-54(45)46)53(47)62-49-30-12-8-21-39(49)40-22-9-13-31-50(40)62/h2,5-16,19-36H,1,3-4,17-18H2/i10D,16D,24D,26D,27D,32D. The Morgan fingerprint density at radius 3 is 1.89 bits per heavy atom. The molecule has 63 heavy (non-hydrogen) atoms. The monoisotopic (exact) mass is 817 g/mol. The Morgan fingerprint density at radius 2 is 1.13 bits per heavy atom. The lowest BCUT2D eigenvalue weighted by molar-refractivity contribution is 0.428. The summed E-state index contributed by atoms with van der Waals surface area (Å²) in [5, 5.41) is 4.52. The van der Waals surface area contributed by atoms with Gasteiger partial charge in [0.05, 0.1) is 36.0 Å². The lowest BCUT2D eigenvalue weighted by atomic mass is 9.88. The molecule has 1 aliphatic carbocycles. The number of nitrogens with zero attached hydrogens (tertiary/aromatic N) is 5. The Morgan fingerprint density at radius 1 is 0.476 bits per heavy atom. The van der Waals surface area contributed by atoms with Gasteiger partial charge in [0.2, 0.25) is 0 Å². The van der Waals surface area contributed by atoms with Gasteiger partial charge in [0.15, 0.2) is 11.6 Å². The molecule has 1 fully saturated rings. The first-order valence-electron chi connectivity index (χ1n) is 24.6. The Balaban J connectivity index is 1.14. The van der Waals surface area contributed by atoms with Gasteiger partial charge < -0.3 is 13.6 Å². The van der Waals surface area contributed by atoms with Crippen LogP contribution in [0.15, 0.2) is 186 Å². The summed E-state index contributed by atoms with van der Waals surface area (Å²) in [5.74, 6) is 1.82. The average Bonchev–Trinajstić information content (AvgIpc) is 4.06. The molecule has 0 bridgehead atoms. The average molecular weight is 818 g/mol. The number of hydrogen-bond donors (Lipinski definition) is 0. The van der Waals surface area contributed by atoms with Crippen molar-refractivity contribution in [3.63, 3.8) is 0 Å². The van der Waals surface area contributed by atoms with Gasteiger partial charge in [-0.3, -0.25) is 0 Å². The minimum atomic E-state index is -0.356. The van der Waals surface area contributed by atoms with Crippen molar-refractivity contribution < 1.29 is 12.6 Å². The molecule has 0 saturated heterocycles. The van der Waals surface area contributed by atoms with Gasteiger partial charge in [-0.15, -0.1) is 0 Å². The Labute approximate surface area is 372 Å². The molecule has 0 aliphatic heterocycles. The minimum Gasteiger partial charge on any atom is -0.455 e. The van der Waals surface area contributed by atoms with Crippen LogP contribution in [0, 0.1) is 0 Å². The molecule has 0 unspecified atom stereocenters. The number of para-hydroxylation sites is 7. The molecule has 8 aromatic carbocycles. The van der Waals surface area contributed by atoms with E-state index in [1.165, 1.54) is 6.07 Å². The van der Waals surface area contributed by atoms with Gasteiger partial charge >= 0.3 is 0 Å². The second-order valence-corrected chi connectivity index (χ2v) is 16.5.